The number of phenols is 2. The summed E-state index contributed by atoms with van der Waals surface area (Å²) in [6, 6.07) is 18.0. The minimum Gasteiger partial charge on any atom is -0.507 e. The minimum absolute atomic E-state index is 0.281. The van der Waals surface area contributed by atoms with Gasteiger partial charge in [0, 0.05) is 11.1 Å². The fourth-order valence-corrected chi connectivity index (χ4v) is 3.84. The molecule has 3 nitrogen and oxygen atoms in total. The second kappa shape index (κ2) is 7.88. The van der Waals surface area contributed by atoms with Crippen LogP contribution in [0.1, 0.15) is 22.3 Å². The molecular formula is C27H24FNO2. The van der Waals surface area contributed by atoms with Crippen LogP contribution in [-0.4, -0.2) is 15.2 Å². The number of nitrogens with zero attached hydrogens (tertiary/aromatic N) is 1. The molecule has 4 rings (SSSR count). The third-order valence-corrected chi connectivity index (χ3v) is 5.58. The second-order valence-electron chi connectivity index (χ2n) is 8.05. The first-order valence-corrected chi connectivity index (χ1v) is 10.1. The molecule has 4 heteroatoms. The molecule has 0 saturated heterocycles. The van der Waals surface area contributed by atoms with Crippen LogP contribution >= 0.6 is 0 Å². The summed E-state index contributed by atoms with van der Waals surface area (Å²) in [6.07, 6.45) is 0. The summed E-state index contributed by atoms with van der Waals surface area (Å²) in [5.74, 6) is 0.278. The van der Waals surface area contributed by atoms with Crippen molar-refractivity contribution in [3.05, 3.63) is 88.7 Å². The van der Waals surface area contributed by atoms with Gasteiger partial charge in [0.25, 0.3) is 0 Å². The minimum atomic E-state index is -0.284. The van der Waals surface area contributed by atoms with Gasteiger partial charge in [0.05, 0.1) is 11.4 Å². The Bertz CT molecular complexity index is 1170. The van der Waals surface area contributed by atoms with Gasteiger partial charge in [0.2, 0.25) is 0 Å². The van der Waals surface area contributed by atoms with Gasteiger partial charge in [-0.05, 0) is 110 Å². The molecule has 0 saturated carbocycles. The summed E-state index contributed by atoms with van der Waals surface area (Å²) in [4.78, 5) is 4.90. The highest BCUT2D eigenvalue weighted by molar-refractivity contribution is 5.78. The van der Waals surface area contributed by atoms with Gasteiger partial charge in [-0.15, -0.1) is 0 Å². The van der Waals surface area contributed by atoms with Crippen LogP contribution in [0, 0.1) is 33.5 Å². The van der Waals surface area contributed by atoms with E-state index in [9.17, 15) is 14.6 Å². The van der Waals surface area contributed by atoms with Crippen LogP contribution in [0.15, 0.2) is 60.7 Å². The first-order valence-electron chi connectivity index (χ1n) is 10.1. The fourth-order valence-electron chi connectivity index (χ4n) is 3.84. The Kier molecular flexibility index (Phi) is 5.24. The largest absolute Gasteiger partial charge is 0.507 e. The quantitative estimate of drug-likeness (QED) is 0.385. The van der Waals surface area contributed by atoms with E-state index in [0.29, 0.717) is 0 Å². The Morgan fingerprint density at radius 3 is 1.32 bits per heavy atom. The number of aryl methyl sites for hydroxylation is 4. The predicted molar refractivity (Wildman–Crippen MR) is 123 cm³/mol. The number of hydrogen-bond acceptors (Lipinski definition) is 3. The first kappa shape index (κ1) is 20.6. The van der Waals surface area contributed by atoms with Crippen molar-refractivity contribution in [2.75, 3.05) is 0 Å². The van der Waals surface area contributed by atoms with Gasteiger partial charge in [-0.3, -0.25) is 0 Å². The summed E-state index contributed by atoms with van der Waals surface area (Å²) >= 11 is 0. The molecule has 0 aliphatic rings. The lowest BCUT2D eigenvalue weighted by molar-refractivity contribution is 0.466. The van der Waals surface area contributed by atoms with Crippen molar-refractivity contribution in [2.24, 2.45) is 0 Å². The standard InChI is InChI=1S/C27H24FNO2/c1-15-9-21(10-16(2)26(15)30)24-13-20(19-5-7-23(28)8-6-19)14-25(29-24)22-11-17(3)27(31)18(4)12-22/h5-14,30-31H,1-4H3. The zero-order valence-corrected chi connectivity index (χ0v) is 18.0. The lowest BCUT2D eigenvalue weighted by Gasteiger charge is -2.13. The van der Waals surface area contributed by atoms with Crippen molar-refractivity contribution in [3.8, 4) is 45.1 Å². The van der Waals surface area contributed by atoms with Crippen molar-refractivity contribution < 1.29 is 14.6 Å². The molecule has 31 heavy (non-hydrogen) atoms. The number of pyridine rings is 1. The van der Waals surface area contributed by atoms with Gasteiger partial charge in [-0.2, -0.15) is 0 Å². The molecule has 0 atom stereocenters. The SMILES string of the molecule is Cc1cc(-c2cc(-c3ccc(F)cc3)cc(-c3cc(C)c(O)c(C)c3)n2)cc(C)c1O. The van der Waals surface area contributed by atoms with E-state index < -0.39 is 0 Å². The zero-order chi connectivity index (χ0) is 22.3. The summed E-state index contributed by atoms with van der Waals surface area (Å²) in [5, 5.41) is 20.4. The molecule has 0 spiro atoms. The van der Waals surface area contributed by atoms with E-state index in [1.54, 1.807) is 12.1 Å². The van der Waals surface area contributed by atoms with E-state index in [1.807, 2.05) is 64.1 Å². The van der Waals surface area contributed by atoms with Crippen LogP contribution in [0.25, 0.3) is 33.6 Å². The molecule has 1 heterocycles. The van der Waals surface area contributed by atoms with Gasteiger partial charge in [0.1, 0.15) is 17.3 Å². The fraction of sp³-hybridized carbons (Fsp3) is 0.148. The molecule has 0 unspecified atom stereocenters. The highest BCUT2D eigenvalue weighted by Crippen LogP contribution is 2.35. The summed E-state index contributed by atoms with van der Waals surface area (Å²) in [5.41, 5.74) is 8.21. The molecule has 156 valence electrons. The molecule has 0 aliphatic carbocycles. The highest BCUT2D eigenvalue weighted by atomic mass is 19.1. The molecular weight excluding hydrogens is 389 g/mol. The topological polar surface area (TPSA) is 53.4 Å². The summed E-state index contributed by atoms with van der Waals surface area (Å²) in [6.45, 7) is 7.46. The van der Waals surface area contributed by atoms with Gasteiger partial charge in [-0.1, -0.05) is 12.1 Å². The van der Waals surface area contributed by atoms with Gasteiger partial charge < -0.3 is 10.2 Å². The molecule has 2 N–H and O–H groups in total. The van der Waals surface area contributed by atoms with Crippen LogP contribution in [0.4, 0.5) is 4.39 Å². The van der Waals surface area contributed by atoms with Gasteiger partial charge >= 0.3 is 0 Å². The number of benzene rings is 3. The number of aromatic nitrogens is 1. The maximum Gasteiger partial charge on any atom is 0.123 e. The lowest BCUT2D eigenvalue weighted by Crippen LogP contribution is -1.94. The maximum atomic E-state index is 13.5. The number of hydrogen-bond donors (Lipinski definition) is 2. The first-order chi connectivity index (χ1) is 14.7. The third-order valence-electron chi connectivity index (χ3n) is 5.58. The van der Waals surface area contributed by atoms with Crippen molar-refractivity contribution in [3.63, 3.8) is 0 Å². The van der Waals surface area contributed by atoms with Crippen LogP contribution in [-0.2, 0) is 0 Å². The molecule has 0 radical (unpaired) electrons. The Labute approximate surface area is 181 Å². The Balaban J connectivity index is 1.96. The Morgan fingerprint density at radius 1 is 0.548 bits per heavy atom. The zero-order valence-electron chi connectivity index (χ0n) is 18.0. The predicted octanol–water partition coefficient (Wildman–Crippen LogP) is 6.87. The molecule has 4 aromatic rings. The number of phenolic OH excluding ortho intramolecular Hbond substituents is 2. The van der Waals surface area contributed by atoms with Crippen LogP contribution < -0.4 is 0 Å². The third kappa shape index (κ3) is 4.02. The highest BCUT2D eigenvalue weighted by Gasteiger charge is 2.13. The lowest BCUT2D eigenvalue weighted by atomic mass is 9.97. The van der Waals surface area contributed by atoms with Crippen molar-refractivity contribution in [1.29, 1.82) is 0 Å². The van der Waals surface area contributed by atoms with E-state index in [4.69, 9.17) is 4.98 Å². The second-order valence-corrected chi connectivity index (χ2v) is 8.05. The summed E-state index contributed by atoms with van der Waals surface area (Å²) < 4.78 is 13.5. The molecule has 0 aliphatic heterocycles. The average Bonchev–Trinajstić information content (AvgIpc) is 2.75. The van der Waals surface area contributed by atoms with E-state index >= 15 is 0 Å². The molecule has 1 aromatic heterocycles. The Hall–Kier alpha value is -3.66. The maximum absolute atomic E-state index is 13.5. The molecule has 3 aromatic carbocycles. The van der Waals surface area contributed by atoms with E-state index in [1.165, 1.54) is 12.1 Å². The van der Waals surface area contributed by atoms with E-state index in [0.717, 1.165) is 55.9 Å². The summed E-state index contributed by atoms with van der Waals surface area (Å²) in [7, 11) is 0. The van der Waals surface area contributed by atoms with Crippen molar-refractivity contribution >= 4 is 0 Å². The number of halogens is 1. The number of aromatic hydroxyl groups is 2. The number of rotatable bonds is 3. The van der Waals surface area contributed by atoms with Crippen LogP contribution in [0.3, 0.4) is 0 Å². The monoisotopic (exact) mass is 413 g/mol. The molecule has 0 bridgehead atoms. The molecule has 0 fully saturated rings. The normalized spacial score (nSPS) is 11.0. The average molecular weight is 413 g/mol. The van der Waals surface area contributed by atoms with Gasteiger partial charge in [0.15, 0.2) is 0 Å². The van der Waals surface area contributed by atoms with Crippen LogP contribution in [0.2, 0.25) is 0 Å². The van der Waals surface area contributed by atoms with Gasteiger partial charge in [-0.25, -0.2) is 9.37 Å². The van der Waals surface area contributed by atoms with Crippen LogP contribution in [0.5, 0.6) is 11.5 Å². The van der Waals surface area contributed by atoms with E-state index in [2.05, 4.69) is 0 Å². The Morgan fingerprint density at radius 2 is 0.935 bits per heavy atom. The van der Waals surface area contributed by atoms with Crippen molar-refractivity contribution in [2.45, 2.75) is 27.7 Å². The van der Waals surface area contributed by atoms with Crippen molar-refractivity contribution in [1.82, 2.24) is 4.98 Å². The smallest absolute Gasteiger partial charge is 0.123 e. The molecule has 0 amide bonds. The van der Waals surface area contributed by atoms with E-state index in [-0.39, 0.29) is 17.3 Å².